The van der Waals surface area contributed by atoms with Gasteiger partial charge in [0.2, 0.25) is 0 Å². The molecule has 4 nitrogen and oxygen atoms in total. The van der Waals surface area contributed by atoms with E-state index in [1.54, 1.807) is 4.90 Å². The third-order valence-corrected chi connectivity index (χ3v) is 3.89. The van der Waals surface area contributed by atoms with Gasteiger partial charge < -0.3 is 10.6 Å². The van der Waals surface area contributed by atoms with Crippen LogP contribution in [0.1, 0.15) is 18.4 Å². The Labute approximate surface area is 107 Å². The fraction of sp³-hybridized carbons (Fsp3) is 0.500. The van der Waals surface area contributed by atoms with Crippen molar-refractivity contribution in [2.75, 3.05) is 25.0 Å². The molecule has 0 radical (unpaired) electrons. The van der Waals surface area contributed by atoms with E-state index in [1.807, 2.05) is 24.1 Å². The van der Waals surface area contributed by atoms with E-state index in [4.69, 9.17) is 5.73 Å². The Kier molecular flexibility index (Phi) is 2.55. The van der Waals surface area contributed by atoms with Crippen LogP contribution >= 0.6 is 0 Å². The van der Waals surface area contributed by atoms with Crippen LogP contribution < -0.4 is 10.6 Å². The first-order valence-electron chi connectivity index (χ1n) is 6.48. The second-order valence-corrected chi connectivity index (χ2v) is 5.56. The molecule has 3 rings (SSSR count). The summed E-state index contributed by atoms with van der Waals surface area (Å²) < 4.78 is 0. The highest BCUT2D eigenvalue weighted by atomic mass is 16.2. The minimum atomic E-state index is 0.0183. The average molecular weight is 245 g/mol. The molecule has 2 amide bonds. The van der Waals surface area contributed by atoms with E-state index in [1.165, 1.54) is 5.56 Å². The summed E-state index contributed by atoms with van der Waals surface area (Å²) in [4.78, 5) is 15.5. The van der Waals surface area contributed by atoms with Crippen LogP contribution in [-0.2, 0) is 6.42 Å². The Balaban J connectivity index is 1.80. The quantitative estimate of drug-likeness (QED) is 0.879. The van der Waals surface area contributed by atoms with Gasteiger partial charge in [0.15, 0.2) is 0 Å². The fourth-order valence-electron chi connectivity index (χ4n) is 2.47. The first-order valence-corrected chi connectivity index (χ1v) is 6.48. The van der Waals surface area contributed by atoms with E-state index in [9.17, 15) is 4.79 Å². The van der Waals surface area contributed by atoms with E-state index in [0.29, 0.717) is 0 Å². The Morgan fingerprint density at radius 2 is 2.11 bits per heavy atom. The Morgan fingerprint density at radius 1 is 1.33 bits per heavy atom. The third kappa shape index (κ3) is 2.08. The standard InChI is InChI=1S/C14H19N3O/c1-16-7-8-17(13(16)18)12-4-2-3-11(9-12)10-14(15)5-6-14/h2-4,9H,5-8,10,15H2,1H3. The Bertz CT molecular complexity index is 482. The number of benzene rings is 1. The summed E-state index contributed by atoms with van der Waals surface area (Å²) in [5, 5.41) is 0. The number of likely N-dealkylation sites (N-methyl/N-ethyl adjacent to an activating group) is 1. The number of carbonyl (C=O) groups is 1. The fourth-order valence-corrected chi connectivity index (χ4v) is 2.47. The van der Waals surface area contributed by atoms with Crippen LogP contribution in [0.2, 0.25) is 0 Å². The lowest BCUT2D eigenvalue weighted by Gasteiger charge is -2.17. The topological polar surface area (TPSA) is 49.6 Å². The van der Waals surface area contributed by atoms with Crippen molar-refractivity contribution >= 4 is 11.7 Å². The van der Waals surface area contributed by atoms with Crippen molar-refractivity contribution in [3.05, 3.63) is 29.8 Å². The number of hydrogen-bond acceptors (Lipinski definition) is 2. The predicted molar refractivity (Wildman–Crippen MR) is 71.7 cm³/mol. The van der Waals surface area contributed by atoms with Gasteiger partial charge in [0.1, 0.15) is 0 Å². The maximum Gasteiger partial charge on any atom is 0.324 e. The summed E-state index contributed by atoms with van der Waals surface area (Å²) in [7, 11) is 1.84. The number of nitrogens with zero attached hydrogens (tertiary/aromatic N) is 2. The van der Waals surface area contributed by atoms with Gasteiger partial charge in [-0.1, -0.05) is 12.1 Å². The second-order valence-electron chi connectivity index (χ2n) is 5.56. The Hall–Kier alpha value is -1.55. The monoisotopic (exact) mass is 245 g/mol. The van der Waals surface area contributed by atoms with Crippen LogP contribution in [0.3, 0.4) is 0 Å². The van der Waals surface area contributed by atoms with Crippen LogP contribution in [0.5, 0.6) is 0 Å². The predicted octanol–water partition coefficient (Wildman–Crippen LogP) is 1.59. The summed E-state index contributed by atoms with van der Waals surface area (Å²) in [6, 6.07) is 8.30. The van der Waals surface area contributed by atoms with Gasteiger partial charge >= 0.3 is 6.03 Å². The summed E-state index contributed by atoms with van der Waals surface area (Å²) in [5.41, 5.74) is 8.38. The summed E-state index contributed by atoms with van der Waals surface area (Å²) in [5.74, 6) is 0. The summed E-state index contributed by atoms with van der Waals surface area (Å²) >= 11 is 0. The molecule has 1 aliphatic heterocycles. The van der Waals surface area contributed by atoms with Crippen molar-refractivity contribution in [2.24, 2.45) is 5.73 Å². The second kappa shape index (κ2) is 3.99. The molecular formula is C14H19N3O. The minimum absolute atomic E-state index is 0.0183. The number of anilines is 1. The molecule has 1 saturated heterocycles. The van der Waals surface area contributed by atoms with Crippen molar-refractivity contribution in [3.8, 4) is 0 Å². The number of amides is 2. The molecular weight excluding hydrogens is 226 g/mol. The zero-order valence-electron chi connectivity index (χ0n) is 10.7. The van der Waals surface area contributed by atoms with Gasteiger partial charge in [0, 0.05) is 31.4 Å². The van der Waals surface area contributed by atoms with E-state index in [-0.39, 0.29) is 11.6 Å². The zero-order chi connectivity index (χ0) is 12.8. The minimum Gasteiger partial charge on any atom is -0.326 e. The molecule has 1 heterocycles. The van der Waals surface area contributed by atoms with Crippen LogP contribution in [-0.4, -0.2) is 36.6 Å². The molecule has 96 valence electrons. The molecule has 18 heavy (non-hydrogen) atoms. The van der Waals surface area contributed by atoms with E-state index in [0.717, 1.165) is 38.0 Å². The molecule has 1 aromatic carbocycles. The molecule has 0 atom stereocenters. The molecule has 2 N–H and O–H groups in total. The average Bonchev–Trinajstić information content (AvgIpc) is 2.97. The zero-order valence-corrected chi connectivity index (χ0v) is 10.7. The lowest BCUT2D eigenvalue weighted by atomic mass is 10.0. The van der Waals surface area contributed by atoms with Crippen LogP contribution in [0, 0.1) is 0 Å². The SMILES string of the molecule is CN1CCN(c2cccc(CC3(N)CC3)c2)C1=O. The molecule has 0 spiro atoms. The van der Waals surface area contributed by atoms with Crippen molar-refractivity contribution in [2.45, 2.75) is 24.8 Å². The highest BCUT2D eigenvalue weighted by Crippen LogP contribution is 2.36. The van der Waals surface area contributed by atoms with E-state index in [2.05, 4.69) is 12.1 Å². The summed E-state index contributed by atoms with van der Waals surface area (Å²) in [6.07, 6.45) is 3.14. The molecule has 0 bridgehead atoms. The molecule has 1 aliphatic carbocycles. The van der Waals surface area contributed by atoms with Gasteiger partial charge in [0.25, 0.3) is 0 Å². The molecule has 4 heteroatoms. The van der Waals surface area contributed by atoms with Crippen molar-refractivity contribution in [1.82, 2.24) is 4.90 Å². The number of hydrogen-bond donors (Lipinski definition) is 1. The first kappa shape index (κ1) is 11.5. The van der Waals surface area contributed by atoms with Crippen molar-refractivity contribution in [1.29, 1.82) is 0 Å². The molecule has 0 unspecified atom stereocenters. The van der Waals surface area contributed by atoms with Crippen LogP contribution in [0.25, 0.3) is 0 Å². The lowest BCUT2D eigenvalue weighted by Crippen LogP contribution is -2.29. The van der Waals surface area contributed by atoms with Gasteiger partial charge in [-0.15, -0.1) is 0 Å². The Morgan fingerprint density at radius 3 is 2.72 bits per heavy atom. The molecule has 2 aliphatic rings. The molecule has 0 aromatic heterocycles. The number of rotatable bonds is 3. The molecule has 1 saturated carbocycles. The highest BCUT2D eigenvalue weighted by molar-refractivity contribution is 5.93. The largest absolute Gasteiger partial charge is 0.326 e. The van der Waals surface area contributed by atoms with Crippen molar-refractivity contribution < 1.29 is 4.79 Å². The van der Waals surface area contributed by atoms with Crippen LogP contribution in [0.15, 0.2) is 24.3 Å². The lowest BCUT2D eigenvalue weighted by molar-refractivity contribution is 0.229. The maximum atomic E-state index is 11.9. The smallest absolute Gasteiger partial charge is 0.324 e. The number of carbonyl (C=O) groups excluding carboxylic acids is 1. The van der Waals surface area contributed by atoms with Gasteiger partial charge in [-0.2, -0.15) is 0 Å². The normalized spacial score (nSPS) is 21.6. The molecule has 1 aromatic rings. The first-order chi connectivity index (χ1) is 8.57. The van der Waals surface area contributed by atoms with Crippen molar-refractivity contribution in [3.63, 3.8) is 0 Å². The highest BCUT2D eigenvalue weighted by Gasteiger charge is 2.38. The van der Waals surface area contributed by atoms with Gasteiger partial charge in [-0.05, 0) is 37.0 Å². The molecule has 2 fully saturated rings. The third-order valence-electron chi connectivity index (χ3n) is 3.89. The van der Waals surface area contributed by atoms with Gasteiger partial charge in [0.05, 0.1) is 0 Å². The van der Waals surface area contributed by atoms with E-state index >= 15 is 0 Å². The van der Waals surface area contributed by atoms with Crippen LogP contribution in [0.4, 0.5) is 10.5 Å². The number of nitrogens with two attached hydrogens (primary N) is 1. The maximum absolute atomic E-state index is 11.9. The number of urea groups is 1. The van der Waals surface area contributed by atoms with E-state index < -0.39 is 0 Å². The van der Waals surface area contributed by atoms with Gasteiger partial charge in [-0.3, -0.25) is 4.90 Å². The summed E-state index contributed by atoms with van der Waals surface area (Å²) in [6.45, 7) is 1.57. The van der Waals surface area contributed by atoms with Gasteiger partial charge in [-0.25, -0.2) is 4.79 Å².